The third-order valence-corrected chi connectivity index (χ3v) is 6.38. The molecule has 3 heterocycles. The second-order valence-electron chi connectivity index (χ2n) is 8.29. The molecular formula is C19H34N2O3. The molecule has 138 valence electrons. The number of ether oxygens (including phenoxy) is 2. The van der Waals surface area contributed by atoms with E-state index in [4.69, 9.17) is 9.47 Å². The molecule has 3 rings (SSSR count). The maximum atomic E-state index is 12.7. The lowest BCUT2D eigenvalue weighted by Gasteiger charge is -2.41. The zero-order chi connectivity index (χ0) is 17.2. The van der Waals surface area contributed by atoms with Gasteiger partial charge in [-0.15, -0.1) is 0 Å². The fraction of sp³-hybridized carbons (Fsp3) is 0.947. The number of piperidine rings is 1. The van der Waals surface area contributed by atoms with Crippen molar-refractivity contribution >= 4 is 5.91 Å². The Morgan fingerprint density at radius 3 is 2.50 bits per heavy atom. The van der Waals surface area contributed by atoms with Crippen LogP contribution in [0.25, 0.3) is 0 Å². The SMILES string of the molecule is COC[C@@H]1CC2(CCN(C(=O)C3CCOCC3)CC2)CN1C(C)C. The first-order chi connectivity index (χ1) is 11.5. The van der Waals surface area contributed by atoms with Crippen molar-refractivity contribution in [2.45, 2.75) is 58.0 Å². The summed E-state index contributed by atoms with van der Waals surface area (Å²) in [7, 11) is 1.80. The largest absolute Gasteiger partial charge is 0.383 e. The average Bonchev–Trinajstić information content (AvgIpc) is 2.94. The number of hydrogen-bond donors (Lipinski definition) is 0. The quantitative estimate of drug-likeness (QED) is 0.788. The minimum absolute atomic E-state index is 0.199. The van der Waals surface area contributed by atoms with Crippen LogP contribution in [0.2, 0.25) is 0 Å². The predicted octanol–water partition coefficient (Wildman–Crippen LogP) is 2.15. The Morgan fingerprint density at radius 1 is 1.25 bits per heavy atom. The zero-order valence-corrected chi connectivity index (χ0v) is 15.6. The number of likely N-dealkylation sites (tertiary alicyclic amines) is 2. The van der Waals surface area contributed by atoms with Gasteiger partial charge in [-0.3, -0.25) is 9.69 Å². The van der Waals surface area contributed by atoms with Gasteiger partial charge in [0.2, 0.25) is 5.91 Å². The number of methoxy groups -OCH3 is 1. The molecule has 3 saturated heterocycles. The molecule has 0 unspecified atom stereocenters. The molecule has 0 radical (unpaired) electrons. The molecule has 24 heavy (non-hydrogen) atoms. The average molecular weight is 338 g/mol. The second kappa shape index (κ2) is 7.71. The maximum absolute atomic E-state index is 12.7. The van der Waals surface area contributed by atoms with Crippen LogP contribution < -0.4 is 0 Å². The highest BCUT2D eigenvalue weighted by Crippen LogP contribution is 2.44. The Kier molecular flexibility index (Phi) is 5.83. The highest BCUT2D eigenvalue weighted by molar-refractivity contribution is 5.79. The van der Waals surface area contributed by atoms with Gasteiger partial charge in [-0.2, -0.15) is 0 Å². The van der Waals surface area contributed by atoms with Gasteiger partial charge in [0.05, 0.1) is 6.61 Å². The Labute approximate surface area is 146 Å². The summed E-state index contributed by atoms with van der Waals surface area (Å²) in [5.74, 6) is 0.574. The van der Waals surface area contributed by atoms with E-state index in [0.29, 0.717) is 23.4 Å². The fourth-order valence-corrected chi connectivity index (χ4v) is 4.92. The van der Waals surface area contributed by atoms with E-state index in [2.05, 4.69) is 23.6 Å². The Bertz CT molecular complexity index is 426. The molecule has 0 bridgehead atoms. The first-order valence-electron chi connectivity index (χ1n) is 9.66. The fourth-order valence-electron chi connectivity index (χ4n) is 4.92. The number of nitrogens with zero attached hydrogens (tertiary/aromatic N) is 2. The Morgan fingerprint density at radius 2 is 1.92 bits per heavy atom. The molecule has 3 aliphatic heterocycles. The van der Waals surface area contributed by atoms with Crippen molar-refractivity contribution in [3.8, 4) is 0 Å². The lowest BCUT2D eigenvalue weighted by atomic mass is 9.76. The molecule has 0 aromatic carbocycles. The predicted molar refractivity (Wildman–Crippen MR) is 93.9 cm³/mol. The molecule has 1 atom stereocenters. The minimum Gasteiger partial charge on any atom is -0.383 e. The number of hydrogen-bond acceptors (Lipinski definition) is 4. The maximum Gasteiger partial charge on any atom is 0.225 e. The zero-order valence-electron chi connectivity index (χ0n) is 15.6. The van der Waals surface area contributed by atoms with Crippen molar-refractivity contribution in [2.75, 3.05) is 46.6 Å². The van der Waals surface area contributed by atoms with E-state index in [0.717, 1.165) is 65.1 Å². The summed E-state index contributed by atoms with van der Waals surface area (Å²) < 4.78 is 10.9. The van der Waals surface area contributed by atoms with Crippen LogP contribution in [0.3, 0.4) is 0 Å². The number of carbonyl (C=O) groups excluding carboxylic acids is 1. The van der Waals surface area contributed by atoms with Gasteiger partial charge in [0.1, 0.15) is 0 Å². The van der Waals surface area contributed by atoms with Crippen molar-refractivity contribution in [1.82, 2.24) is 9.80 Å². The molecule has 3 fully saturated rings. The number of carbonyl (C=O) groups is 1. The van der Waals surface area contributed by atoms with Crippen LogP contribution in [0, 0.1) is 11.3 Å². The topological polar surface area (TPSA) is 42.0 Å². The molecule has 0 saturated carbocycles. The molecule has 0 aliphatic carbocycles. The summed E-state index contributed by atoms with van der Waals surface area (Å²) in [6, 6.07) is 1.10. The van der Waals surface area contributed by atoms with Crippen LogP contribution in [0.5, 0.6) is 0 Å². The molecular weight excluding hydrogens is 304 g/mol. The van der Waals surface area contributed by atoms with E-state index >= 15 is 0 Å². The second-order valence-corrected chi connectivity index (χ2v) is 8.29. The van der Waals surface area contributed by atoms with Gasteiger partial charge in [0, 0.05) is 58.0 Å². The van der Waals surface area contributed by atoms with Crippen LogP contribution in [0.1, 0.15) is 46.0 Å². The van der Waals surface area contributed by atoms with Gasteiger partial charge < -0.3 is 14.4 Å². The van der Waals surface area contributed by atoms with Gasteiger partial charge in [0.25, 0.3) is 0 Å². The molecule has 5 nitrogen and oxygen atoms in total. The summed E-state index contributed by atoms with van der Waals surface area (Å²) in [4.78, 5) is 17.5. The lowest BCUT2D eigenvalue weighted by molar-refractivity contribution is -0.140. The third kappa shape index (κ3) is 3.78. The summed E-state index contributed by atoms with van der Waals surface area (Å²) in [5.41, 5.74) is 0.389. The Hall–Kier alpha value is -0.650. The highest BCUT2D eigenvalue weighted by Gasteiger charge is 2.46. The van der Waals surface area contributed by atoms with Crippen molar-refractivity contribution in [2.24, 2.45) is 11.3 Å². The molecule has 5 heteroatoms. The minimum atomic E-state index is 0.199. The molecule has 3 aliphatic rings. The molecule has 0 N–H and O–H groups in total. The molecule has 1 spiro atoms. The Balaban J connectivity index is 1.57. The van der Waals surface area contributed by atoms with Crippen molar-refractivity contribution < 1.29 is 14.3 Å². The van der Waals surface area contributed by atoms with Crippen molar-refractivity contribution in [3.63, 3.8) is 0 Å². The van der Waals surface area contributed by atoms with Gasteiger partial charge in [-0.05, 0) is 51.4 Å². The van der Waals surface area contributed by atoms with Crippen LogP contribution in [-0.4, -0.2) is 74.4 Å². The van der Waals surface area contributed by atoms with E-state index in [9.17, 15) is 4.79 Å². The highest BCUT2D eigenvalue weighted by atomic mass is 16.5. The van der Waals surface area contributed by atoms with Crippen molar-refractivity contribution in [3.05, 3.63) is 0 Å². The third-order valence-electron chi connectivity index (χ3n) is 6.38. The van der Waals surface area contributed by atoms with Gasteiger partial charge in [-0.25, -0.2) is 0 Å². The van der Waals surface area contributed by atoms with E-state index in [1.165, 1.54) is 6.42 Å². The van der Waals surface area contributed by atoms with Crippen molar-refractivity contribution in [1.29, 1.82) is 0 Å². The van der Waals surface area contributed by atoms with Crippen LogP contribution in [0.4, 0.5) is 0 Å². The van der Waals surface area contributed by atoms with E-state index in [1.807, 2.05) is 0 Å². The lowest BCUT2D eigenvalue weighted by Crippen LogP contribution is -2.47. The standard InChI is InChI=1S/C19H34N2O3/c1-15(2)21-14-19(12-17(21)13-23-3)6-8-20(9-7-19)18(22)16-4-10-24-11-5-16/h15-17H,4-14H2,1-3H3/t17-/m0/s1. The van der Waals surface area contributed by atoms with E-state index < -0.39 is 0 Å². The molecule has 0 aromatic heterocycles. The number of rotatable bonds is 4. The van der Waals surface area contributed by atoms with Crippen LogP contribution >= 0.6 is 0 Å². The monoisotopic (exact) mass is 338 g/mol. The number of amides is 1. The van der Waals surface area contributed by atoms with Gasteiger partial charge in [0.15, 0.2) is 0 Å². The van der Waals surface area contributed by atoms with Gasteiger partial charge in [-0.1, -0.05) is 0 Å². The van der Waals surface area contributed by atoms with Crippen LogP contribution in [0.15, 0.2) is 0 Å². The summed E-state index contributed by atoms with van der Waals surface area (Å²) >= 11 is 0. The first kappa shape index (κ1) is 18.2. The molecule has 0 aromatic rings. The first-order valence-corrected chi connectivity index (χ1v) is 9.66. The molecule has 1 amide bonds. The normalized spacial score (nSPS) is 28.8. The van der Waals surface area contributed by atoms with E-state index in [-0.39, 0.29) is 5.92 Å². The smallest absolute Gasteiger partial charge is 0.225 e. The summed E-state index contributed by atoms with van der Waals surface area (Å²) in [6.45, 7) is 9.91. The summed E-state index contributed by atoms with van der Waals surface area (Å²) in [5, 5.41) is 0. The van der Waals surface area contributed by atoms with Crippen LogP contribution in [-0.2, 0) is 14.3 Å². The van der Waals surface area contributed by atoms with E-state index in [1.54, 1.807) is 7.11 Å². The van der Waals surface area contributed by atoms with Gasteiger partial charge >= 0.3 is 0 Å². The summed E-state index contributed by atoms with van der Waals surface area (Å²) in [6.07, 6.45) is 5.31.